The van der Waals surface area contributed by atoms with E-state index < -0.39 is 31.7 Å². The van der Waals surface area contributed by atoms with E-state index in [2.05, 4.69) is 9.97 Å². The minimum absolute atomic E-state index is 0.715. The van der Waals surface area contributed by atoms with Crippen LogP contribution in [0, 0.1) is 13.8 Å². The number of ether oxygens (including phenoxy) is 2. The van der Waals surface area contributed by atoms with Crippen molar-refractivity contribution in [1.82, 2.24) is 9.97 Å². The molecule has 0 fully saturated rings. The molecule has 30 heavy (non-hydrogen) atoms. The van der Waals surface area contributed by atoms with E-state index in [4.69, 9.17) is 18.6 Å². The van der Waals surface area contributed by atoms with Gasteiger partial charge in [-0.1, -0.05) is 0 Å². The van der Waals surface area contributed by atoms with Crippen LogP contribution >= 0.6 is 22.7 Å². The van der Waals surface area contributed by atoms with Crippen LogP contribution in [0.1, 0.15) is 35.0 Å². The molecule has 0 amide bonds. The van der Waals surface area contributed by atoms with Crippen molar-refractivity contribution in [2.24, 2.45) is 0 Å². The third-order valence-corrected chi connectivity index (χ3v) is 6.68. The van der Waals surface area contributed by atoms with Crippen LogP contribution in [0.2, 0.25) is 0 Å². The predicted octanol–water partition coefficient (Wildman–Crippen LogP) is 2.74. The zero-order valence-electron chi connectivity index (χ0n) is 17.3. The Kier molecular flexibility index (Phi) is 14.4. The maximum atomic E-state index is 9.86. The Morgan fingerprint density at radius 2 is 1.13 bits per heavy atom. The van der Waals surface area contributed by atoms with Gasteiger partial charge in [0.1, 0.15) is 0 Å². The van der Waals surface area contributed by atoms with Crippen LogP contribution in [0.3, 0.4) is 0 Å². The Balaban J connectivity index is 0.000000420. The molecule has 0 aliphatic heterocycles. The number of thiazole rings is 2. The molecule has 0 aliphatic carbocycles. The first-order valence-corrected chi connectivity index (χ1v) is 13.7. The van der Waals surface area contributed by atoms with Gasteiger partial charge in [0.25, 0.3) is 20.2 Å². The zero-order valence-corrected chi connectivity index (χ0v) is 20.5. The van der Waals surface area contributed by atoms with Gasteiger partial charge in [0.15, 0.2) is 0 Å². The Morgan fingerprint density at radius 3 is 1.33 bits per heavy atom. The molecular weight excluding hydrogens is 476 g/mol. The highest BCUT2D eigenvalue weighted by Gasteiger charge is 2.11. The normalized spacial score (nSPS) is 11.3. The van der Waals surface area contributed by atoms with Crippen molar-refractivity contribution in [2.45, 2.75) is 40.9 Å². The topological polar surface area (TPSA) is 153 Å². The molecule has 174 valence electrons. The highest BCUT2D eigenvalue weighted by atomic mass is 32.2. The van der Waals surface area contributed by atoms with Crippen molar-refractivity contribution >= 4 is 42.9 Å². The lowest BCUT2D eigenvalue weighted by Gasteiger charge is -1.96. The maximum Gasteiger partial charge on any atom is 0.265 e. The number of nitrogens with zero attached hydrogens (tertiary/aromatic N) is 2. The second-order valence-electron chi connectivity index (χ2n) is 5.57. The largest absolute Gasteiger partial charge is 0.376 e. The second kappa shape index (κ2) is 14.9. The maximum absolute atomic E-state index is 9.86. The van der Waals surface area contributed by atoms with Crippen molar-refractivity contribution in [3.63, 3.8) is 0 Å². The van der Waals surface area contributed by atoms with Crippen LogP contribution in [-0.2, 0) is 42.9 Å². The average molecular weight is 505 g/mol. The summed E-state index contributed by atoms with van der Waals surface area (Å²) < 4.78 is 65.8. The van der Waals surface area contributed by atoms with E-state index in [1.165, 1.54) is 9.75 Å². The fourth-order valence-corrected chi connectivity index (χ4v) is 4.64. The van der Waals surface area contributed by atoms with E-state index in [-0.39, 0.29) is 0 Å². The van der Waals surface area contributed by atoms with E-state index in [0.717, 1.165) is 24.6 Å². The lowest BCUT2D eigenvalue weighted by molar-refractivity contribution is 0.135. The fourth-order valence-electron chi connectivity index (χ4n) is 1.53. The number of hydrogen-bond acceptors (Lipinski definition) is 10. The SMILES string of the molecule is CCOCc1scnc1C.CCOCc1scnc1C.O=S(=O)(O)CCS(=O)(=O)O. The molecule has 0 aromatic carbocycles. The van der Waals surface area contributed by atoms with Crippen LogP contribution in [0.15, 0.2) is 11.0 Å². The molecule has 0 radical (unpaired) electrons. The van der Waals surface area contributed by atoms with Gasteiger partial charge in [-0.3, -0.25) is 9.11 Å². The van der Waals surface area contributed by atoms with E-state index in [1.54, 1.807) is 22.7 Å². The smallest absolute Gasteiger partial charge is 0.265 e. The molecule has 0 atom stereocenters. The van der Waals surface area contributed by atoms with E-state index in [9.17, 15) is 16.8 Å². The van der Waals surface area contributed by atoms with Crippen molar-refractivity contribution in [1.29, 1.82) is 0 Å². The molecule has 2 aromatic heterocycles. The van der Waals surface area contributed by atoms with Crippen LogP contribution in [0.4, 0.5) is 0 Å². The Labute approximate surface area is 185 Å². The van der Waals surface area contributed by atoms with E-state index >= 15 is 0 Å². The van der Waals surface area contributed by atoms with Gasteiger partial charge in [0, 0.05) is 13.2 Å². The van der Waals surface area contributed by atoms with Gasteiger partial charge in [-0.2, -0.15) is 16.8 Å². The van der Waals surface area contributed by atoms with Gasteiger partial charge in [-0.05, 0) is 27.7 Å². The van der Waals surface area contributed by atoms with Gasteiger partial charge in [-0.25, -0.2) is 9.97 Å². The molecule has 0 bridgehead atoms. The van der Waals surface area contributed by atoms with Gasteiger partial charge in [0.2, 0.25) is 0 Å². The third-order valence-electron chi connectivity index (χ3n) is 3.16. The van der Waals surface area contributed by atoms with Crippen molar-refractivity contribution in [3.05, 3.63) is 32.2 Å². The lowest BCUT2D eigenvalue weighted by atomic mass is 10.4. The van der Waals surface area contributed by atoms with Crippen molar-refractivity contribution in [2.75, 3.05) is 24.7 Å². The van der Waals surface area contributed by atoms with Gasteiger partial charge < -0.3 is 9.47 Å². The summed E-state index contributed by atoms with van der Waals surface area (Å²) in [7, 11) is -8.59. The number of aromatic nitrogens is 2. The van der Waals surface area contributed by atoms with Crippen molar-refractivity contribution < 1.29 is 35.4 Å². The fraction of sp³-hybridized carbons (Fsp3) is 0.625. The van der Waals surface area contributed by atoms with Crippen LogP contribution in [0.25, 0.3) is 0 Å². The second-order valence-corrected chi connectivity index (χ2v) is 10.6. The predicted molar refractivity (Wildman–Crippen MR) is 117 cm³/mol. The minimum Gasteiger partial charge on any atom is -0.376 e. The number of rotatable bonds is 9. The van der Waals surface area contributed by atoms with Crippen molar-refractivity contribution in [3.8, 4) is 0 Å². The molecule has 0 saturated heterocycles. The number of hydrogen-bond donors (Lipinski definition) is 2. The molecule has 0 saturated carbocycles. The molecule has 2 heterocycles. The first-order chi connectivity index (χ1) is 13.9. The summed E-state index contributed by atoms with van der Waals surface area (Å²) in [5.74, 6) is -1.96. The summed E-state index contributed by atoms with van der Waals surface area (Å²) in [4.78, 5) is 10.7. The number of aryl methyl sites for hydroxylation is 2. The molecule has 2 N–H and O–H groups in total. The van der Waals surface area contributed by atoms with E-state index in [1.807, 2.05) is 38.7 Å². The van der Waals surface area contributed by atoms with Gasteiger partial charge >= 0.3 is 0 Å². The monoisotopic (exact) mass is 504 g/mol. The first kappa shape index (κ1) is 29.0. The van der Waals surface area contributed by atoms with Gasteiger partial charge in [-0.15, -0.1) is 22.7 Å². The average Bonchev–Trinajstić information content (AvgIpc) is 3.24. The zero-order chi connectivity index (χ0) is 23.2. The standard InChI is InChI=1S/2C7H11NOS.C2H6O6S2/c2*1-3-9-4-7-6(2)8-5-10-7;3-9(4,5)1-2-10(6,7)8/h2*5H,3-4H2,1-2H3;1-2H2,(H,3,4,5)(H,6,7,8). The first-order valence-electron chi connectivity index (χ1n) is 8.73. The summed E-state index contributed by atoms with van der Waals surface area (Å²) >= 11 is 3.31. The summed E-state index contributed by atoms with van der Waals surface area (Å²) in [6, 6.07) is 0. The summed E-state index contributed by atoms with van der Waals surface area (Å²) in [5.41, 5.74) is 5.89. The third kappa shape index (κ3) is 15.8. The Hall–Kier alpha value is -1.00. The highest BCUT2D eigenvalue weighted by Crippen LogP contribution is 2.13. The molecular formula is C16H28N2O8S4. The summed E-state index contributed by atoms with van der Waals surface area (Å²) in [5, 5.41) is 0. The van der Waals surface area contributed by atoms with E-state index in [0.29, 0.717) is 13.2 Å². The van der Waals surface area contributed by atoms with Gasteiger partial charge in [0.05, 0.1) is 56.9 Å². The molecule has 0 aliphatic rings. The molecule has 0 unspecified atom stereocenters. The molecule has 10 nitrogen and oxygen atoms in total. The Bertz CT molecular complexity index is 846. The minimum atomic E-state index is -4.30. The highest BCUT2D eigenvalue weighted by molar-refractivity contribution is 7.89. The van der Waals surface area contributed by atoms with Crippen LogP contribution in [0.5, 0.6) is 0 Å². The summed E-state index contributed by atoms with van der Waals surface area (Å²) in [6.45, 7) is 11.0. The van der Waals surface area contributed by atoms with Crippen LogP contribution < -0.4 is 0 Å². The lowest BCUT2D eigenvalue weighted by Crippen LogP contribution is -2.15. The quantitative estimate of drug-likeness (QED) is 0.487. The molecule has 2 rings (SSSR count). The summed E-state index contributed by atoms with van der Waals surface area (Å²) in [6.07, 6.45) is 0. The van der Waals surface area contributed by atoms with Crippen LogP contribution in [-0.4, -0.2) is 60.6 Å². The Morgan fingerprint density at radius 1 is 0.800 bits per heavy atom. The molecule has 2 aromatic rings. The molecule has 0 spiro atoms. The molecule has 14 heteroatoms.